The van der Waals surface area contributed by atoms with E-state index in [0.717, 1.165) is 0 Å². The maximum atomic E-state index is 12.4. The number of nitro benzene ring substituents is 1. The van der Waals surface area contributed by atoms with Crippen LogP contribution in [0.15, 0.2) is 47.4 Å². The number of hydrogen-bond acceptors (Lipinski definition) is 5. The average Bonchev–Trinajstić information content (AvgIpc) is 2.78. The Morgan fingerprint density at radius 1 is 1.25 bits per heavy atom. The maximum absolute atomic E-state index is 12.4. The molecule has 0 spiro atoms. The highest BCUT2D eigenvalue weighted by molar-refractivity contribution is 7.91. The van der Waals surface area contributed by atoms with Gasteiger partial charge in [0.2, 0.25) is 0 Å². The molecule has 2 aromatic rings. The predicted molar refractivity (Wildman–Crippen MR) is 86.5 cm³/mol. The predicted octanol–water partition coefficient (Wildman–Crippen LogP) is 2.16. The van der Waals surface area contributed by atoms with Crippen LogP contribution in [-0.4, -0.2) is 25.0 Å². The Kier molecular flexibility index (Phi) is 3.84. The molecule has 8 heteroatoms. The molecule has 2 aromatic carbocycles. The number of nitro groups is 1. The minimum Gasteiger partial charge on any atom is -0.344 e. The number of rotatable bonds is 3. The fourth-order valence-electron chi connectivity index (χ4n) is 2.81. The molecule has 0 aromatic heterocycles. The van der Waals surface area contributed by atoms with E-state index in [9.17, 15) is 23.3 Å². The van der Waals surface area contributed by atoms with Crippen molar-refractivity contribution in [2.75, 3.05) is 5.75 Å². The second-order valence-electron chi connectivity index (χ2n) is 5.60. The average molecular weight is 346 g/mol. The van der Waals surface area contributed by atoms with Gasteiger partial charge in [-0.25, -0.2) is 8.42 Å². The number of aryl methyl sites for hydroxylation is 1. The Labute approximate surface area is 138 Å². The molecule has 1 atom stereocenters. The fraction of sp³-hybridized carbons (Fsp3) is 0.188. The van der Waals surface area contributed by atoms with Gasteiger partial charge in [-0.2, -0.15) is 0 Å². The lowest BCUT2D eigenvalue weighted by atomic mass is 10.1. The third-order valence-electron chi connectivity index (χ3n) is 3.98. The molecule has 24 heavy (non-hydrogen) atoms. The molecule has 1 heterocycles. The van der Waals surface area contributed by atoms with Crippen molar-refractivity contribution in [3.63, 3.8) is 0 Å². The summed E-state index contributed by atoms with van der Waals surface area (Å²) >= 11 is 0. The van der Waals surface area contributed by atoms with Crippen molar-refractivity contribution in [2.24, 2.45) is 0 Å². The molecule has 1 aliphatic heterocycles. The van der Waals surface area contributed by atoms with E-state index in [-0.39, 0.29) is 21.9 Å². The molecule has 1 aliphatic rings. The van der Waals surface area contributed by atoms with Gasteiger partial charge in [0.1, 0.15) is 0 Å². The molecule has 0 saturated heterocycles. The zero-order valence-corrected chi connectivity index (χ0v) is 13.5. The summed E-state index contributed by atoms with van der Waals surface area (Å²) in [5.41, 5.74) is 1.11. The van der Waals surface area contributed by atoms with E-state index in [2.05, 4.69) is 5.32 Å². The van der Waals surface area contributed by atoms with Crippen LogP contribution in [0.2, 0.25) is 0 Å². The monoisotopic (exact) mass is 346 g/mol. The summed E-state index contributed by atoms with van der Waals surface area (Å²) in [5.74, 6) is -0.658. The Hall–Kier alpha value is -2.74. The number of nitrogens with zero attached hydrogens (tertiary/aromatic N) is 1. The second-order valence-corrected chi connectivity index (χ2v) is 7.61. The van der Waals surface area contributed by atoms with Crippen LogP contribution in [0, 0.1) is 17.0 Å². The van der Waals surface area contributed by atoms with Gasteiger partial charge in [0.25, 0.3) is 11.6 Å². The molecule has 0 unspecified atom stereocenters. The highest BCUT2D eigenvalue weighted by Gasteiger charge is 2.35. The first-order chi connectivity index (χ1) is 11.3. The molecule has 1 amide bonds. The SMILES string of the molecule is Cc1cc(C(=O)N[C@@H]2CS(=O)(=O)c3ccccc32)ccc1[N+](=O)[O-]. The van der Waals surface area contributed by atoms with E-state index in [1.165, 1.54) is 24.3 Å². The summed E-state index contributed by atoms with van der Waals surface area (Å²) in [6, 6.07) is 9.96. The van der Waals surface area contributed by atoms with Gasteiger partial charge in [-0.3, -0.25) is 14.9 Å². The van der Waals surface area contributed by atoms with Crippen molar-refractivity contribution in [3.8, 4) is 0 Å². The van der Waals surface area contributed by atoms with Gasteiger partial charge in [0, 0.05) is 17.2 Å². The molecule has 7 nitrogen and oxygen atoms in total. The summed E-state index contributed by atoms with van der Waals surface area (Å²) in [6.07, 6.45) is 0. The molecule has 0 bridgehead atoms. The van der Waals surface area contributed by atoms with Crippen LogP contribution < -0.4 is 5.32 Å². The quantitative estimate of drug-likeness (QED) is 0.677. The summed E-state index contributed by atoms with van der Waals surface area (Å²) < 4.78 is 24.3. The van der Waals surface area contributed by atoms with Gasteiger partial charge in [-0.05, 0) is 30.7 Å². The van der Waals surface area contributed by atoms with Crippen LogP contribution >= 0.6 is 0 Å². The van der Waals surface area contributed by atoms with Crippen molar-refractivity contribution in [2.45, 2.75) is 17.9 Å². The van der Waals surface area contributed by atoms with Gasteiger partial charge in [0.05, 0.1) is 21.6 Å². The Morgan fingerprint density at radius 3 is 2.62 bits per heavy atom. The number of benzene rings is 2. The number of carbonyl (C=O) groups excluding carboxylic acids is 1. The highest BCUT2D eigenvalue weighted by atomic mass is 32.2. The number of carbonyl (C=O) groups is 1. The first-order valence-electron chi connectivity index (χ1n) is 7.17. The third kappa shape index (κ3) is 2.76. The van der Waals surface area contributed by atoms with Gasteiger partial charge in [0.15, 0.2) is 9.84 Å². The van der Waals surface area contributed by atoms with E-state index in [4.69, 9.17) is 0 Å². The zero-order chi connectivity index (χ0) is 17.5. The van der Waals surface area contributed by atoms with Crippen LogP contribution in [0.3, 0.4) is 0 Å². The lowest BCUT2D eigenvalue weighted by molar-refractivity contribution is -0.385. The molecular weight excluding hydrogens is 332 g/mol. The van der Waals surface area contributed by atoms with Crippen LogP contribution in [0.25, 0.3) is 0 Å². The van der Waals surface area contributed by atoms with Gasteiger partial charge in [-0.1, -0.05) is 18.2 Å². The van der Waals surface area contributed by atoms with E-state index >= 15 is 0 Å². The van der Waals surface area contributed by atoms with Crippen molar-refractivity contribution >= 4 is 21.4 Å². The lowest BCUT2D eigenvalue weighted by Gasteiger charge is -2.13. The molecule has 0 radical (unpaired) electrons. The van der Waals surface area contributed by atoms with Crippen molar-refractivity contribution in [1.82, 2.24) is 5.32 Å². The number of sulfone groups is 1. The van der Waals surface area contributed by atoms with Crippen molar-refractivity contribution in [3.05, 3.63) is 69.3 Å². The molecule has 0 aliphatic carbocycles. The van der Waals surface area contributed by atoms with Gasteiger partial charge < -0.3 is 5.32 Å². The smallest absolute Gasteiger partial charge is 0.272 e. The summed E-state index contributed by atoms with van der Waals surface area (Å²) in [5, 5.41) is 13.5. The highest BCUT2D eigenvalue weighted by Crippen LogP contribution is 2.33. The van der Waals surface area contributed by atoms with Crippen LogP contribution in [0.1, 0.15) is 27.5 Å². The molecular formula is C16H14N2O5S. The van der Waals surface area contributed by atoms with Crippen molar-refractivity contribution in [1.29, 1.82) is 0 Å². The van der Waals surface area contributed by atoms with Gasteiger partial charge in [-0.15, -0.1) is 0 Å². The molecule has 124 valence electrons. The van der Waals surface area contributed by atoms with Gasteiger partial charge >= 0.3 is 0 Å². The Bertz CT molecular complexity index is 953. The lowest BCUT2D eigenvalue weighted by Crippen LogP contribution is -2.29. The molecule has 3 rings (SSSR count). The number of fused-ring (bicyclic) bond motifs is 1. The number of amides is 1. The first-order valence-corrected chi connectivity index (χ1v) is 8.82. The minimum absolute atomic E-state index is 0.0691. The van der Waals surface area contributed by atoms with E-state index in [1.54, 1.807) is 25.1 Å². The Balaban J connectivity index is 1.87. The zero-order valence-electron chi connectivity index (χ0n) is 12.7. The minimum atomic E-state index is -3.41. The van der Waals surface area contributed by atoms with Crippen molar-refractivity contribution < 1.29 is 18.1 Å². The topological polar surface area (TPSA) is 106 Å². The maximum Gasteiger partial charge on any atom is 0.272 e. The second kappa shape index (κ2) is 5.72. The summed E-state index contributed by atoms with van der Waals surface area (Å²) in [6.45, 7) is 1.55. The van der Waals surface area contributed by atoms with E-state index in [1.807, 2.05) is 0 Å². The van der Waals surface area contributed by atoms with Crippen LogP contribution in [-0.2, 0) is 9.84 Å². The van der Waals surface area contributed by atoms with Crippen LogP contribution in [0.4, 0.5) is 5.69 Å². The Morgan fingerprint density at radius 2 is 1.96 bits per heavy atom. The third-order valence-corrected chi connectivity index (χ3v) is 5.79. The first kappa shape index (κ1) is 16.1. The number of hydrogen-bond donors (Lipinski definition) is 1. The molecule has 0 fully saturated rings. The summed E-state index contributed by atoms with van der Waals surface area (Å²) in [7, 11) is -3.41. The largest absolute Gasteiger partial charge is 0.344 e. The normalized spacial score (nSPS) is 18.0. The van der Waals surface area contributed by atoms with E-state index < -0.39 is 26.7 Å². The van der Waals surface area contributed by atoms with E-state index in [0.29, 0.717) is 11.1 Å². The number of nitrogens with one attached hydrogen (secondary N) is 1. The molecule has 0 saturated carbocycles. The standard InChI is InChI=1S/C16H14N2O5S/c1-10-8-11(6-7-14(10)18(20)21)16(19)17-13-9-24(22,23)15-5-3-2-4-12(13)15/h2-8,13H,9H2,1H3,(H,17,19)/t13-/m1/s1. The fourth-order valence-corrected chi connectivity index (χ4v) is 4.55. The summed E-state index contributed by atoms with van der Waals surface area (Å²) in [4.78, 5) is 22.9. The van der Waals surface area contributed by atoms with Crippen LogP contribution in [0.5, 0.6) is 0 Å². The molecule has 1 N–H and O–H groups in total.